The van der Waals surface area contributed by atoms with Crippen molar-refractivity contribution in [2.24, 2.45) is 0 Å². The third-order valence-electron chi connectivity index (χ3n) is 1.71. The molecule has 2 radical (unpaired) electrons. The van der Waals surface area contributed by atoms with Gasteiger partial charge in [0.25, 0.3) is 0 Å². The zero-order valence-electron chi connectivity index (χ0n) is 7.00. The van der Waals surface area contributed by atoms with Crippen molar-refractivity contribution in [1.82, 2.24) is 5.32 Å². The first-order valence-corrected chi connectivity index (χ1v) is 3.78. The van der Waals surface area contributed by atoms with E-state index in [1.807, 2.05) is 31.2 Å². The summed E-state index contributed by atoms with van der Waals surface area (Å²) < 4.78 is 0. The number of rotatable bonds is 2. The van der Waals surface area contributed by atoms with Crippen LogP contribution in [-0.2, 0) is 6.54 Å². The van der Waals surface area contributed by atoms with Gasteiger partial charge in [-0.15, -0.1) is 0 Å². The molecule has 0 aliphatic heterocycles. The largest absolute Gasteiger partial charge is 0.362 e. The van der Waals surface area contributed by atoms with Crippen molar-refractivity contribution in [3.05, 3.63) is 35.4 Å². The Morgan fingerprint density at radius 3 is 2.75 bits per heavy atom. The Balaban J connectivity index is 2.63. The highest BCUT2D eigenvalue weighted by Gasteiger charge is 1.96. The first kappa shape index (κ1) is 8.85. The van der Waals surface area contributed by atoms with Crippen molar-refractivity contribution in [2.75, 3.05) is 0 Å². The van der Waals surface area contributed by atoms with Gasteiger partial charge < -0.3 is 5.32 Å². The fourth-order valence-corrected chi connectivity index (χ4v) is 0.991. The molecule has 0 aliphatic carbocycles. The molecular formula is C9H10BNO. The van der Waals surface area contributed by atoms with Crippen molar-refractivity contribution in [1.29, 1.82) is 0 Å². The maximum absolute atomic E-state index is 10.4. The van der Waals surface area contributed by atoms with Gasteiger partial charge >= 0.3 is 0 Å². The monoisotopic (exact) mass is 159 g/mol. The summed E-state index contributed by atoms with van der Waals surface area (Å²) in [6.45, 7) is 2.50. The first-order chi connectivity index (χ1) is 5.70. The Hall–Kier alpha value is -1.25. The van der Waals surface area contributed by atoms with Gasteiger partial charge in [0.1, 0.15) is 0 Å². The minimum atomic E-state index is -0.488. The molecule has 0 saturated carbocycles. The third-order valence-corrected chi connectivity index (χ3v) is 1.71. The number of carbonyl (C=O) groups is 1. The zero-order valence-corrected chi connectivity index (χ0v) is 7.00. The molecule has 1 rings (SSSR count). The van der Waals surface area contributed by atoms with E-state index in [4.69, 9.17) is 7.85 Å². The number of carbonyl (C=O) groups excluding carboxylic acids is 1. The van der Waals surface area contributed by atoms with Crippen LogP contribution in [0.3, 0.4) is 0 Å². The molecule has 1 aromatic rings. The predicted molar refractivity (Wildman–Crippen MR) is 49.2 cm³/mol. The highest BCUT2D eigenvalue weighted by Crippen LogP contribution is 2.05. The number of nitrogens with one attached hydrogen (secondary N) is 1. The Kier molecular flexibility index (Phi) is 2.91. The second kappa shape index (κ2) is 3.95. The molecule has 0 saturated heterocycles. The van der Waals surface area contributed by atoms with Crippen LogP contribution in [0.2, 0.25) is 0 Å². The summed E-state index contributed by atoms with van der Waals surface area (Å²) in [6.07, 6.45) is 0. The lowest BCUT2D eigenvalue weighted by atomic mass is 10.1. The van der Waals surface area contributed by atoms with Gasteiger partial charge in [0, 0.05) is 6.54 Å². The highest BCUT2D eigenvalue weighted by molar-refractivity contribution is 6.57. The molecule has 1 N–H and O–H groups in total. The number of benzene rings is 1. The molecule has 0 spiro atoms. The standard InChI is InChI=1S/C9H10BNO/c1-7-4-2-3-5-8(7)6-11-9(10)12/h2-5H,6H2,1H3,(H,11,12). The van der Waals surface area contributed by atoms with Crippen LogP contribution in [0.1, 0.15) is 11.1 Å². The van der Waals surface area contributed by atoms with Crippen LogP contribution in [0.5, 0.6) is 0 Å². The van der Waals surface area contributed by atoms with Crippen molar-refractivity contribution >= 4 is 13.7 Å². The van der Waals surface area contributed by atoms with Gasteiger partial charge in [0.05, 0.1) is 0 Å². The Morgan fingerprint density at radius 1 is 1.50 bits per heavy atom. The lowest BCUT2D eigenvalue weighted by Crippen LogP contribution is -2.20. The van der Waals surface area contributed by atoms with Crippen LogP contribution >= 0.6 is 0 Å². The van der Waals surface area contributed by atoms with E-state index < -0.39 is 5.81 Å². The summed E-state index contributed by atoms with van der Waals surface area (Å²) in [5.74, 6) is -0.488. The van der Waals surface area contributed by atoms with E-state index >= 15 is 0 Å². The number of aryl methyl sites for hydroxylation is 1. The van der Waals surface area contributed by atoms with Gasteiger partial charge in [-0.25, -0.2) is 0 Å². The van der Waals surface area contributed by atoms with E-state index in [-0.39, 0.29) is 0 Å². The molecular weight excluding hydrogens is 149 g/mol. The van der Waals surface area contributed by atoms with Crippen molar-refractivity contribution in [3.8, 4) is 0 Å². The van der Waals surface area contributed by atoms with E-state index in [9.17, 15) is 4.79 Å². The highest BCUT2D eigenvalue weighted by atomic mass is 16.1. The molecule has 0 bridgehead atoms. The van der Waals surface area contributed by atoms with E-state index in [1.165, 1.54) is 0 Å². The fraction of sp³-hybridized carbons (Fsp3) is 0.222. The molecule has 0 atom stereocenters. The molecule has 1 aromatic carbocycles. The molecule has 0 fully saturated rings. The summed E-state index contributed by atoms with van der Waals surface area (Å²) in [5, 5.41) is 2.54. The molecule has 0 aromatic heterocycles. The lowest BCUT2D eigenvalue weighted by Gasteiger charge is -2.05. The van der Waals surface area contributed by atoms with Gasteiger partial charge in [0.2, 0.25) is 7.85 Å². The zero-order chi connectivity index (χ0) is 8.97. The van der Waals surface area contributed by atoms with Crippen LogP contribution in [-0.4, -0.2) is 13.7 Å². The summed E-state index contributed by atoms with van der Waals surface area (Å²) in [5.41, 5.74) is 2.25. The first-order valence-electron chi connectivity index (χ1n) is 3.78. The molecule has 12 heavy (non-hydrogen) atoms. The van der Waals surface area contributed by atoms with E-state index in [1.54, 1.807) is 0 Å². The summed E-state index contributed by atoms with van der Waals surface area (Å²) in [7, 11) is 4.94. The minimum Gasteiger partial charge on any atom is -0.362 e. The average Bonchev–Trinajstić information content (AvgIpc) is 2.03. The van der Waals surface area contributed by atoms with Crippen molar-refractivity contribution < 1.29 is 4.79 Å². The molecule has 2 nitrogen and oxygen atoms in total. The molecule has 60 valence electrons. The molecule has 0 unspecified atom stereocenters. The Morgan fingerprint density at radius 2 is 2.17 bits per heavy atom. The fourth-order valence-electron chi connectivity index (χ4n) is 0.991. The van der Waals surface area contributed by atoms with Crippen LogP contribution in [0.15, 0.2) is 24.3 Å². The normalized spacial score (nSPS) is 9.42. The minimum absolute atomic E-state index is 0.488. The van der Waals surface area contributed by atoms with E-state index in [2.05, 4.69) is 5.32 Å². The molecule has 1 amide bonds. The number of hydrogen-bond acceptors (Lipinski definition) is 1. The van der Waals surface area contributed by atoms with Gasteiger partial charge in [0.15, 0.2) is 5.81 Å². The van der Waals surface area contributed by atoms with Gasteiger partial charge in [-0.1, -0.05) is 24.3 Å². The second-order valence-corrected chi connectivity index (χ2v) is 2.64. The van der Waals surface area contributed by atoms with E-state index in [0.717, 1.165) is 11.1 Å². The van der Waals surface area contributed by atoms with E-state index in [0.29, 0.717) is 6.54 Å². The van der Waals surface area contributed by atoms with Gasteiger partial charge in [-0.05, 0) is 18.1 Å². The lowest BCUT2D eigenvalue weighted by molar-refractivity contribution is 0.259. The average molecular weight is 159 g/mol. The molecule has 0 aliphatic rings. The summed E-state index contributed by atoms with van der Waals surface area (Å²) >= 11 is 0. The third kappa shape index (κ3) is 2.42. The maximum Gasteiger partial charge on any atom is 0.200 e. The van der Waals surface area contributed by atoms with Crippen LogP contribution in [0.25, 0.3) is 0 Å². The predicted octanol–water partition coefficient (Wildman–Crippen LogP) is 1.37. The Labute approximate surface area is 73.4 Å². The SMILES string of the molecule is [B]C(=O)NCc1ccccc1C. The Bertz CT molecular complexity index is 286. The van der Waals surface area contributed by atoms with Gasteiger partial charge in [-0.3, -0.25) is 4.79 Å². The van der Waals surface area contributed by atoms with Crippen molar-refractivity contribution in [2.45, 2.75) is 13.5 Å². The van der Waals surface area contributed by atoms with Gasteiger partial charge in [-0.2, -0.15) is 0 Å². The maximum atomic E-state index is 10.4. The van der Waals surface area contributed by atoms with Crippen LogP contribution in [0, 0.1) is 6.92 Å². The number of hydrogen-bond donors (Lipinski definition) is 1. The van der Waals surface area contributed by atoms with Crippen molar-refractivity contribution in [3.63, 3.8) is 0 Å². The molecule has 0 heterocycles. The van der Waals surface area contributed by atoms with Crippen LogP contribution < -0.4 is 5.32 Å². The second-order valence-electron chi connectivity index (χ2n) is 2.64. The van der Waals surface area contributed by atoms with Crippen LogP contribution in [0.4, 0.5) is 4.79 Å². The quantitative estimate of drug-likeness (QED) is 0.648. The number of amides is 1. The summed E-state index contributed by atoms with van der Waals surface area (Å²) in [6, 6.07) is 7.86. The molecule has 3 heteroatoms. The summed E-state index contributed by atoms with van der Waals surface area (Å²) in [4.78, 5) is 10.4. The smallest absolute Gasteiger partial charge is 0.200 e. The topological polar surface area (TPSA) is 29.1 Å².